The number of benzene rings is 1. The van der Waals surface area contributed by atoms with E-state index < -0.39 is 0 Å². The Balaban J connectivity index is 2.07. The summed E-state index contributed by atoms with van der Waals surface area (Å²) < 4.78 is 6.84. The Morgan fingerprint density at radius 2 is 2.10 bits per heavy atom. The van der Waals surface area contributed by atoms with Crippen LogP contribution in [0.2, 0.25) is 0 Å². The minimum Gasteiger partial charge on any atom is -0.376 e. The lowest BCUT2D eigenvalue weighted by molar-refractivity contribution is 0.118. The second-order valence-electron chi connectivity index (χ2n) is 6.92. The Bertz CT molecular complexity index is 484. The Morgan fingerprint density at radius 1 is 1.38 bits per heavy atom. The first-order valence-electron chi connectivity index (χ1n) is 7.66. The fourth-order valence-corrected chi connectivity index (χ4v) is 3.19. The van der Waals surface area contributed by atoms with Crippen LogP contribution in [0.5, 0.6) is 0 Å². The highest BCUT2D eigenvalue weighted by Gasteiger charge is 2.28. The smallest absolute Gasteiger partial charge is 0.0750 e. The molecule has 118 valence electrons. The van der Waals surface area contributed by atoms with Crippen LogP contribution in [0.1, 0.15) is 39.7 Å². The second-order valence-corrected chi connectivity index (χ2v) is 7.78. The minimum atomic E-state index is 0.130. The van der Waals surface area contributed by atoms with Gasteiger partial charge in [-0.1, -0.05) is 22.0 Å². The van der Waals surface area contributed by atoms with Gasteiger partial charge in [-0.25, -0.2) is 0 Å². The SMILES string of the molecule is CC1OCCC1N(C)c1ccc(CNC(C)(C)C)c(Br)c1. The van der Waals surface area contributed by atoms with Gasteiger partial charge in [-0.05, 0) is 51.8 Å². The molecule has 4 heteroatoms. The van der Waals surface area contributed by atoms with Gasteiger partial charge in [0.25, 0.3) is 0 Å². The van der Waals surface area contributed by atoms with Crippen molar-refractivity contribution in [1.29, 1.82) is 0 Å². The lowest BCUT2D eigenvalue weighted by Gasteiger charge is -2.29. The van der Waals surface area contributed by atoms with Gasteiger partial charge in [0.05, 0.1) is 12.1 Å². The van der Waals surface area contributed by atoms with E-state index in [0.29, 0.717) is 12.1 Å². The summed E-state index contributed by atoms with van der Waals surface area (Å²) in [4.78, 5) is 2.34. The first-order valence-corrected chi connectivity index (χ1v) is 8.45. The zero-order valence-corrected chi connectivity index (χ0v) is 15.3. The van der Waals surface area contributed by atoms with E-state index in [1.807, 2.05) is 0 Å². The first-order chi connectivity index (χ1) is 9.78. The van der Waals surface area contributed by atoms with Crippen LogP contribution in [0.25, 0.3) is 0 Å². The van der Waals surface area contributed by atoms with Crippen LogP contribution in [-0.2, 0) is 11.3 Å². The molecule has 0 saturated carbocycles. The molecule has 2 unspecified atom stereocenters. The van der Waals surface area contributed by atoms with Crippen molar-refractivity contribution in [3.63, 3.8) is 0 Å². The Hall–Kier alpha value is -0.580. The molecule has 0 radical (unpaired) electrons. The van der Waals surface area contributed by atoms with Crippen LogP contribution < -0.4 is 10.2 Å². The predicted molar refractivity (Wildman–Crippen MR) is 93.0 cm³/mol. The normalized spacial score (nSPS) is 22.6. The molecule has 1 saturated heterocycles. The number of likely N-dealkylation sites (N-methyl/N-ethyl adjacent to an activating group) is 1. The van der Waals surface area contributed by atoms with Crippen molar-refractivity contribution in [2.24, 2.45) is 0 Å². The van der Waals surface area contributed by atoms with Crippen LogP contribution in [0, 0.1) is 0 Å². The molecule has 3 nitrogen and oxygen atoms in total. The third-order valence-corrected chi connectivity index (χ3v) is 4.82. The maximum absolute atomic E-state index is 5.67. The molecule has 0 spiro atoms. The van der Waals surface area contributed by atoms with Crippen LogP contribution in [0.15, 0.2) is 22.7 Å². The molecule has 1 aliphatic rings. The highest BCUT2D eigenvalue weighted by atomic mass is 79.9. The molecule has 1 fully saturated rings. The van der Waals surface area contributed by atoms with Gasteiger partial charge in [0.15, 0.2) is 0 Å². The van der Waals surface area contributed by atoms with E-state index in [9.17, 15) is 0 Å². The standard InChI is InChI=1S/C17H27BrN2O/c1-12-16(8-9-21-12)20(5)14-7-6-13(15(18)10-14)11-19-17(2,3)4/h6-7,10,12,16,19H,8-9,11H2,1-5H3. The number of halogens is 1. The zero-order valence-electron chi connectivity index (χ0n) is 13.7. The van der Waals surface area contributed by atoms with Gasteiger partial charge in [0.1, 0.15) is 0 Å². The molecule has 0 amide bonds. The van der Waals surface area contributed by atoms with Gasteiger partial charge in [-0.2, -0.15) is 0 Å². The zero-order chi connectivity index (χ0) is 15.6. The molecule has 1 heterocycles. The summed E-state index contributed by atoms with van der Waals surface area (Å²) in [7, 11) is 2.16. The molecule has 1 aliphatic heterocycles. The maximum Gasteiger partial charge on any atom is 0.0750 e. The van der Waals surface area contributed by atoms with E-state index in [0.717, 1.165) is 24.0 Å². The summed E-state index contributed by atoms with van der Waals surface area (Å²) in [6.45, 7) is 10.5. The van der Waals surface area contributed by atoms with Crippen molar-refractivity contribution in [2.45, 2.75) is 58.3 Å². The molecular weight excluding hydrogens is 328 g/mol. The van der Waals surface area contributed by atoms with Crippen molar-refractivity contribution in [3.8, 4) is 0 Å². The molecule has 0 aliphatic carbocycles. The van der Waals surface area contributed by atoms with Gasteiger partial charge < -0.3 is 15.0 Å². The molecule has 1 N–H and O–H groups in total. The number of nitrogens with one attached hydrogen (secondary N) is 1. The highest BCUT2D eigenvalue weighted by Crippen LogP contribution is 2.28. The summed E-state index contributed by atoms with van der Waals surface area (Å²) in [5.41, 5.74) is 2.66. The Morgan fingerprint density at radius 3 is 2.62 bits per heavy atom. The van der Waals surface area contributed by atoms with Gasteiger partial charge in [0, 0.05) is 35.9 Å². The van der Waals surface area contributed by atoms with E-state index in [-0.39, 0.29) is 5.54 Å². The van der Waals surface area contributed by atoms with Crippen molar-refractivity contribution in [3.05, 3.63) is 28.2 Å². The number of rotatable bonds is 4. The number of hydrogen-bond acceptors (Lipinski definition) is 3. The lowest BCUT2D eigenvalue weighted by atomic mass is 10.1. The summed E-state index contributed by atoms with van der Waals surface area (Å²) in [5.74, 6) is 0. The summed E-state index contributed by atoms with van der Waals surface area (Å²) in [6.07, 6.45) is 1.40. The van der Waals surface area contributed by atoms with Crippen LogP contribution in [0.4, 0.5) is 5.69 Å². The largest absolute Gasteiger partial charge is 0.376 e. The minimum absolute atomic E-state index is 0.130. The van der Waals surface area contributed by atoms with Crippen LogP contribution in [0.3, 0.4) is 0 Å². The summed E-state index contributed by atoms with van der Waals surface area (Å²) in [5, 5.41) is 3.53. The van der Waals surface area contributed by atoms with E-state index in [1.54, 1.807) is 0 Å². The maximum atomic E-state index is 5.67. The number of anilines is 1. The van der Waals surface area contributed by atoms with Gasteiger partial charge in [0.2, 0.25) is 0 Å². The van der Waals surface area contributed by atoms with Crippen molar-refractivity contribution in [2.75, 3.05) is 18.6 Å². The summed E-state index contributed by atoms with van der Waals surface area (Å²) >= 11 is 3.71. The molecule has 2 rings (SSSR count). The first kappa shape index (κ1) is 16.8. The second kappa shape index (κ2) is 6.67. The highest BCUT2D eigenvalue weighted by molar-refractivity contribution is 9.10. The van der Waals surface area contributed by atoms with E-state index in [4.69, 9.17) is 4.74 Å². The van der Waals surface area contributed by atoms with Crippen molar-refractivity contribution >= 4 is 21.6 Å². The van der Waals surface area contributed by atoms with Crippen LogP contribution in [-0.4, -0.2) is 31.3 Å². The predicted octanol–water partition coefficient (Wildman–Crippen LogP) is 3.95. The Labute approximate surface area is 137 Å². The monoisotopic (exact) mass is 354 g/mol. The third kappa shape index (κ3) is 4.44. The lowest BCUT2D eigenvalue weighted by Crippen LogP contribution is -2.37. The molecule has 1 aromatic rings. The molecule has 0 aromatic heterocycles. The van der Waals surface area contributed by atoms with Crippen molar-refractivity contribution < 1.29 is 4.74 Å². The van der Waals surface area contributed by atoms with E-state index in [1.165, 1.54) is 11.3 Å². The van der Waals surface area contributed by atoms with Gasteiger partial charge >= 0.3 is 0 Å². The van der Waals surface area contributed by atoms with Crippen molar-refractivity contribution in [1.82, 2.24) is 5.32 Å². The number of ether oxygens (including phenoxy) is 1. The topological polar surface area (TPSA) is 24.5 Å². The van der Waals surface area contributed by atoms with Crippen LogP contribution >= 0.6 is 15.9 Å². The number of nitrogens with zero attached hydrogens (tertiary/aromatic N) is 1. The van der Waals surface area contributed by atoms with Gasteiger partial charge in [-0.3, -0.25) is 0 Å². The molecule has 1 aromatic carbocycles. The Kier molecular flexibility index (Phi) is 5.33. The van der Waals surface area contributed by atoms with Gasteiger partial charge in [-0.15, -0.1) is 0 Å². The average Bonchev–Trinajstić information content (AvgIpc) is 2.81. The summed E-state index contributed by atoms with van der Waals surface area (Å²) in [6, 6.07) is 7.09. The van der Waals surface area contributed by atoms with E-state index >= 15 is 0 Å². The molecule has 2 atom stereocenters. The third-order valence-electron chi connectivity index (χ3n) is 4.09. The quantitative estimate of drug-likeness (QED) is 0.885. The van der Waals surface area contributed by atoms with E-state index in [2.05, 4.69) is 79.1 Å². The average molecular weight is 355 g/mol. The molecule has 21 heavy (non-hydrogen) atoms. The fraction of sp³-hybridized carbons (Fsp3) is 0.647. The molecule has 0 bridgehead atoms. The molecular formula is C17H27BrN2O. The number of hydrogen-bond donors (Lipinski definition) is 1. The fourth-order valence-electron chi connectivity index (χ4n) is 2.68.